The molecular weight excluding hydrogens is 349 g/mol. The van der Waals surface area contributed by atoms with Crippen molar-refractivity contribution in [3.63, 3.8) is 0 Å². The Kier molecular flexibility index (Phi) is 5.51. The van der Waals surface area contributed by atoms with Crippen LogP contribution in [-0.2, 0) is 6.18 Å². The Balaban J connectivity index is 2.25. The Labute approximate surface area is 140 Å². The summed E-state index contributed by atoms with van der Waals surface area (Å²) in [5.74, 6) is -0.643. The molecule has 2 N–H and O–H groups in total. The van der Waals surface area contributed by atoms with Crippen molar-refractivity contribution in [3.05, 3.63) is 40.5 Å². The van der Waals surface area contributed by atoms with Gasteiger partial charge in [0, 0.05) is 5.56 Å². The van der Waals surface area contributed by atoms with E-state index in [9.17, 15) is 18.0 Å². The van der Waals surface area contributed by atoms with E-state index in [1.807, 2.05) is 0 Å². The van der Waals surface area contributed by atoms with Gasteiger partial charge in [-0.2, -0.15) is 13.2 Å². The minimum atomic E-state index is -4.45. The summed E-state index contributed by atoms with van der Waals surface area (Å²) in [6, 6.07) is 3.67. The maximum absolute atomic E-state index is 12.6. The number of alkyl halides is 3. The molecule has 5 nitrogen and oxygen atoms in total. The standard InChI is InChI=1S/C15H14ClF3N2O3/c1-2-10(7-22)20-14(23)12-11(16)13(24-21-12)8-3-5-9(6-4-8)15(17,18)19/h3-6,10,22H,2,7H2,1H3,(H,20,23). The maximum atomic E-state index is 12.6. The van der Waals surface area contributed by atoms with Crippen LogP contribution in [0.1, 0.15) is 29.4 Å². The monoisotopic (exact) mass is 362 g/mol. The molecule has 0 saturated carbocycles. The first-order chi connectivity index (χ1) is 11.3. The van der Waals surface area contributed by atoms with Gasteiger partial charge in [-0.1, -0.05) is 35.8 Å². The number of carbonyl (C=O) groups excluding carboxylic acids is 1. The smallest absolute Gasteiger partial charge is 0.394 e. The number of hydrogen-bond acceptors (Lipinski definition) is 4. The van der Waals surface area contributed by atoms with Crippen molar-refractivity contribution < 1.29 is 27.6 Å². The number of amides is 1. The molecule has 9 heteroatoms. The molecule has 0 spiro atoms. The van der Waals surface area contributed by atoms with Crippen LogP contribution in [0.5, 0.6) is 0 Å². The minimum absolute atomic E-state index is 0.00686. The van der Waals surface area contributed by atoms with Gasteiger partial charge in [-0.05, 0) is 18.6 Å². The van der Waals surface area contributed by atoms with Crippen molar-refractivity contribution in [2.24, 2.45) is 0 Å². The van der Waals surface area contributed by atoms with E-state index in [2.05, 4.69) is 10.5 Å². The lowest BCUT2D eigenvalue weighted by Gasteiger charge is -2.12. The van der Waals surface area contributed by atoms with Gasteiger partial charge in [0.15, 0.2) is 11.5 Å². The number of rotatable bonds is 5. The molecule has 130 valence electrons. The Morgan fingerprint density at radius 3 is 2.50 bits per heavy atom. The Hall–Kier alpha value is -2.06. The molecule has 1 atom stereocenters. The molecule has 0 aliphatic heterocycles. The van der Waals surface area contributed by atoms with Crippen LogP contribution in [0.25, 0.3) is 11.3 Å². The van der Waals surface area contributed by atoms with Crippen LogP contribution in [0.3, 0.4) is 0 Å². The summed E-state index contributed by atoms with van der Waals surface area (Å²) in [6.07, 6.45) is -3.95. The van der Waals surface area contributed by atoms with Crippen LogP contribution >= 0.6 is 11.6 Å². The summed E-state index contributed by atoms with van der Waals surface area (Å²) < 4.78 is 42.7. The number of aliphatic hydroxyl groups excluding tert-OH is 1. The van der Waals surface area contributed by atoms with Crippen molar-refractivity contribution in [2.75, 3.05) is 6.61 Å². The van der Waals surface area contributed by atoms with Crippen molar-refractivity contribution in [1.29, 1.82) is 0 Å². The first kappa shape index (κ1) is 18.3. The van der Waals surface area contributed by atoms with Gasteiger partial charge in [0.25, 0.3) is 5.91 Å². The second-order valence-corrected chi connectivity index (χ2v) is 5.39. The van der Waals surface area contributed by atoms with Gasteiger partial charge in [-0.25, -0.2) is 0 Å². The van der Waals surface area contributed by atoms with Crippen LogP contribution in [0, 0.1) is 0 Å². The van der Waals surface area contributed by atoms with Gasteiger partial charge in [0.1, 0.15) is 5.02 Å². The summed E-state index contributed by atoms with van der Waals surface area (Å²) in [5, 5.41) is 15.1. The quantitative estimate of drug-likeness (QED) is 0.853. The molecule has 1 aromatic heterocycles. The van der Waals surface area contributed by atoms with Crippen LogP contribution < -0.4 is 5.32 Å². The van der Waals surface area contributed by atoms with Gasteiger partial charge in [0.05, 0.1) is 18.2 Å². The Bertz CT molecular complexity index is 710. The predicted octanol–water partition coefficient (Wildman–Crippen LogP) is 3.51. The number of nitrogens with one attached hydrogen (secondary N) is 1. The third-order valence-electron chi connectivity index (χ3n) is 3.37. The predicted molar refractivity (Wildman–Crippen MR) is 80.6 cm³/mol. The van der Waals surface area contributed by atoms with E-state index in [4.69, 9.17) is 21.2 Å². The zero-order chi connectivity index (χ0) is 17.9. The third-order valence-corrected chi connectivity index (χ3v) is 3.72. The highest BCUT2D eigenvalue weighted by Gasteiger charge is 2.30. The summed E-state index contributed by atoms with van der Waals surface area (Å²) in [5.41, 5.74) is -0.749. The number of benzene rings is 1. The largest absolute Gasteiger partial charge is 0.416 e. The van der Waals surface area contributed by atoms with E-state index in [1.54, 1.807) is 6.92 Å². The highest BCUT2D eigenvalue weighted by atomic mass is 35.5. The molecule has 0 saturated heterocycles. The normalized spacial score (nSPS) is 12.9. The topological polar surface area (TPSA) is 75.4 Å². The molecule has 2 rings (SSSR count). The van der Waals surface area contributed by atoms with Gasteiger partial charge in [-0.15, -0.1) is 0 Å². The molecule has 1 heterocycles. The first-order valence-corrected chi connectivity index (χ1v) is 7.40. The number of hydrogen-bond donors (Lipinski definition) is 2. The van der Waals surface area contributed by atoms with E-state index in [-0.39, 0.29) is 28.6 Å². The van der Waals surface area contributed by atoms with E-state index in [1.165, 1.54) is 12.1 Å². The van der Waals surface area contributed by atoms with Crippen molar-refractivity contribution in [2.45, 2.75) is 25.6 Å². The average Bonchev–Trinajstić information content (AvgIpc) is 2.93. The molecule has 1 aromatic carbocycles. The molecule has 0 radical (unpaired) electrons. The van der Waals surface area contributed by atoms with Crippen LogP contribution in [0.15, 0.2) is 28.8 Å². The average molecular weight is 363 g/mol. The number of halogens is 4. The zero-order valence-electron chi connectivity index (χ0n) is 12.5. The molecule has 0 fully saturated rings. The molecule has 0 bridgehead atoms. The molecule has 0 aliphatic rings. The SMILES string of the molecule is CCC(CO)NC(=O)c1noc(-c2ccc(C(F)(F)F)cc2)c1Cl. The van der Waals surface area contributed by atoms with Gasteiger partial charge in [-0.3, -0.25) is 4.79 Å². The van der Waals surface area contributed by atoms with E-state index in [0.29, 0.717) is 6.42 Å². The van der Waals surface area contributed by atoms with Crippen molar-refractivity contribution in [3.8, 4) is 11.3 Å². The first-order valence-electron chi connectivity index (χ1n) is 7.02. The number of aromatic nitrogens is 1. The zero-order valence-corrected chi connectivity index (χ0v) is 13.3. The summed E-state index contributed by atoms with van der Waals surface area (Å²) in [4.78, 5) is 12.0. The lowest BCUT2D eigenvalue weighted by Crippen LogP contribution is -2.37. The van der Waals surface area contributed by atoms with Gasteiger partial charge < -0.3 is 14.9 Å². The minimum Gasteiger partial charge on any atom is -0.394 e. The highest BCUT2D eigenvalue weighted by Crippen LogP contribution is 2.34. The fourth-order valence-electron chi connectivity index (χ4n) is 1.94. The Morgan fingerprint density at radius 2 is 2.00 bits per heavy atom. The number of nitrogens with zero attached hydrogens (tertiary/aromatic N) is 1. The summed E-state index contributed by atoms with van der Waals surface area (Å²) in [7, 11) is 0. The fraction of sp³-hybridized carbons (Fsp3) is 0.333. The third kappa shape index (κ3) is 3.88. The lowest BCUT2D eigenvalue weighted by atomic mass is 10.1. The summed E-state index contributed by atoms with van der Waals surface area (Å²) >= 11 is 6.05. The molecule has 0 aliphatic carbocycles. The lowest BCUT2D eigenvalue weighted by molar-refractivity contribution is -0.137. The Morgan fingerprint density at radius 1 is 1.38 bits per heavy atom. The van der Waals surface area contributed by atoms with Gasteiger partial charge in [0.2, 0.25) is 0 Å². The van der Waals surface area contributed by atoms with E-state index >= 15 is 0 Å². The van der Waals surface area contributed by atoms with E-state index < -0.39 is 23.7 Å². The second-order valence-electron chi connectivity index (χ2n) is 5.01. The molecule has 24 heavy (non-hydrogen) atoms. The van der Waals surface area contributed by atoms with Crippen molar-refractivity contribution in [1.82, 2.24) is 10.5 Å². The van der Waals surface area contributed by atoms with Crippen molar-refractivity contribution >= 4 is 17.5 Å². The molecule has 1 amide bonds. The van der Waals surface area contributed by atoms with Crippen LogP contribution in [0.4, 0.5) is 13.2 Å². The number of carbonyl (C=O) groups is 1. The molecule has 2 aromatic rings. The van der Waals surface area contributed by atoms with Gasteiger partial charge >= 0.3 is 6.18 Å². The highest BCUT2D eigenvalue weighted by molar-refractivity contribution is 6.35. The fourth-order valence-corrected chi connectivity index (χ4v) is 2.20. The van der Waals surface area contributed by atoms with Crippen LogP contribution in [0.2, 0.25) is 5.02 Å². The number of aliphatic hydroxyl groups is 1. The van der Waals surface area contributed by atoms with Crippen LogP contribution in [-0.4, -0.2) is 28.8 Å². The molecule has 1 unspecified atom stereocenters. The summed E-state index contributed by atoms with van der Waals surface area (Å²) in [6.45, 7) is 1.53. The molecular formula is C15H14ClF3N2O3. The van der Waals surface area contributed by atoms with E-state index in [0.717, 1.165) is 12.1 Å². The second kappa shape index (κ2) is 7.23. The maximum Gasteiger partial charge on any atom is 0.416 e.